The van der Waals surface area contributed by atoms with Crippen molar-refractivity contribution in [1.82, 2.24) is 15.3 Å². The predicted octanol–water partition coefficient (Wildman–Crippen LogP) is 4.49. The molecular weight excluding hydrogens is 384 g/mol. The molecule has 0 amide bonds. The Kier molecular flexibility index (Phi) is 6.16. The molecule has 5 heteroatoms. The Morgan fingerprint density at radius 3 is 2.45 bits per heavy atom. The molecule has 5 nitrogen and oxygen atoms in total. The van der Waals surface area contributed by atoms with Crippen molar-refractivity contribution < 1.29 is 5.11 Å². The lowest BCUT2D eigenvalue weighted by molar-refractivity contribution is 0.243. The fourth-order valence-corrected chi connectivity index (χ4v) is 4.04. The van der Waals surface area contributed by atoms with Crippen molar-refractivity contribution >= 4 is 27.6 Å². The number of pyridine rings is 2. The Balaban J connectivity index is 1.52. The van der Waals surface area contributed by atoms with E-state index in [2.05, 4.69) is 77.7 Å². The van der Waals surface area contributed by atoms with Gasteiger partial charge in [0.15, 0.2) is 5.82 Å². The van der Waals surface area contributed by atoms with E-state index in [1.165, 1.54) is 22.3 Å². The van der Waals surface area contributed by atoms with Gasteiger partial charge in [-0.3, -0.25) is 4.98 Å². The number of aliphatic hydroxyl groups is 1. The number of anilines is 1. The minimum Gasteiger partial charge on any atom is -0.395 e. The van der Waals surface area contributed by atoms with Crippen molar-refractivity contribution in [1.29, 1.82) is 0 Å². The average molecular weight is 415 g/mol. The highest BCUT2D eigenvalue weighted by molar-refractivity contribution is 6.08. The number of nitrogens with zero attached hydrogens (tertiary/aromatic N) is 2. The van der Waals surface area contributed by atoms with E-state index < -0.39 is 0 Å². The number of hydrogen-bond donors (Lipinski definition) is 3. The van der Waals surface area contributed by atoms with Crippen LogP contribution in [0, 0.1) is 6.92 Å². The summed E-state index contributed by atoms with van der Waals surface area (Å²) >= 11 is 0. The van der Waals surface area contributed by atoms with Crippen LogP contribution in [0.2, 0.25) is 0 Å². The highest BCUT2D eigenvalue weighted by atomic mass is 16.3. The van der Waals surface area contributed by atoms with Crippen LogP contribution in [0.5, 0.6) is 0 Å². The third kappa shape index (κ3) is 4.68. The topological polar surface area (TPSA) is 84.1 Å². The number of benzene rings is 2. The molecule has 0 radical (unpaired) electrons. The van der Waals surface area contributed by atoms with Crippen molar-refractivity contribution in [3.63, 3.8) is 0 Å². The summed E-state index contributed by atoms with van der Waals surface area (Å²) in [4.78, 5) is 9.15. The van der Waals surface area contributed by atoms with E-state index in [9.17, 15) is 5.11 Å². The fraction of sp³-hybridized carbons (Fsp3) is 0.308. The number of rotatable bonds is 7. The Hall–Kier alpha value is -3.02. The highest BCUT2D eigenvalue weighted by Gasteiger charge is 2.10. The number of aryl methyl sites for hydroxylation is 3. The minimum absolute atomic E-state index is 0.0827. The van der Waals surface area contributed by atoms with Gasteiger partial charge in [-0.15, -0.1) is 0 Å². The largest absolute Gasteiger partial charge is 0.395 e. The van der Waals surface area contributed by atoms with Crippen LogP contribution in [0.3, 0.4) is 0 Å². The van der Waals surface area contributed by atoms with Crippen LogP contribution in [0.25, 0.3) is 21.8 Å². The number of fused-ring (bicyclic) bond motifs is 3. The zero-order chi connectivity index (χ0) is 22.0. The second kappa shape index (κ2) is 9.00. The molecule has 0 saturated heterocycles. The smallest absolute Gasteiger partial charge is 0.150 e. The molecule has 2 heterocycles. The predicted molar refractivity (Wildman–Crippen MR) is 128 cm³/mol. The van der Waals surface area contributed by atoms with Gasteiger partial charge < -0.3 is 16.2 Å². The van der Waals surface area contributed by atoms with Gasteiger partial charge in [0, 0.05) is 29.1 Å². The maximum Gasteiger partial charge on any atom is 0.150 e. The molecule has 0 aliphatic rings. The molecule has 31 heavy (non-hydrogen) atoms. The fourth-order valence-electron chi connectivity index (χ4n) is 4.04. The summed E-state index contributed by atoms with van der Waals surface area (Å²) in [6.07, 6.45) is 3.77. The van der Waals surface area contributed by atoms with Gasteiger partial charge in [0.05, 0.1) is 12.1 Å². The molecular formula is C26H30N4O. The van der Waals surface area contributed by atoms with Crippen molar-refractivity contribution in [3.05, 3.63) is 77.0 Å². The van der Waals surface area contributed by atoms with E-state index in [1.807, 2.05) is 13.1 Å². The summed E-state index contributed by atoms with van der Waals surface area (Å²) in [6, 6.07) is 17.5. The highest BCUT2D eigenvalue weighted by Crippen LogP contribution is 2.28. The zero-order valence-electron chi connectivity index (χ0n) is 18.4. The summed E-state index contributed by atoms with van der Waals surface area (Å²) in [7, 11) is 0. The van der Waals surface area contributed by atoms with Crippen LogP contribution in [0.4, 0.5) is 5.82 Å². The first-order valence-corrected chi connectivity index (χ1v) is 10.8. The first kappa shape index (κ1) is 21.2. The van der Waals surface area contributed by atoms with Gasteiger partial charge >= 0.3 is 0 Å². The van der Waals surface area contributed by atoms with E-state index in [-0.39, 0.29) is 18.7 Å². The van der Waals surface area contributed by atoms with Gasteiger partial charge in [0.1, 0.15) is 5.52 Å². The molecule has 160 valence electrons. The van der Waals surface area contributed by atoms with Crippen LogP contribution < -0.4 is 11.1 Å². The number of nitrogens with two attached hydrogens (primary N) is 1. The lowest BCUT2D eigenvalue weighted by atomic mass is 10.00. The lowest BCUT2D eigenvalue weighted by Crippen LogP contribution is -2.31. The molecule has 4 N–H and O–H groups in total. The van der Waals surface area contributed by atoms with Crippen LogP contribution in [0.15, 0.2) is 54.7 Å². The molecule has 0 spiro atoms. The summed E-state index contributed by atoms with van der Waals surface area (Å²) in [5.74, 6) is 0.480. The van der Waals surface area contributed by atoms with E-state index in [1.54, 1.807) is 0 Å². The molecule has 4 aromatic rings. The van der Waals surface area contributed by atoms with E-state index in [0.29, 0.717) is 5.82 Å². The number of nitrogen functional groups attached to an aromatic ring is 1. The van der Waals surface area contributed by atoms with Gasteiger partial charge in [-0.05, 0) is 68.0 Å². The molecule has 0 bridgehead atoms. The monoisotopic (exact) mass is 414 g/mol. The number of aromatic nitrogens is 2. The third-order valence-electron chi connectivity index (χ3n) is 5.86. The van der Waals surface area contributed by atoms with Crippen LogP contribution >= 0.6 is 0 Å². The van der Waals surface area contributed by atoms with Gasteiger partial charge in [-0.2, -0.15) is 0 Å². The third-order valence-corrected chi connectivity index (χ3v) is 5.86. The molecule has 0 aliphatic carbocycles. The van der Waals surface area contributed by atoms with E-state index in [4.69, 9.17) is 5.73 Å². The van der Waals surface area contributed by atoms with Crippen LogP contribution in [0.1, 0.15) is 42.1 Å². The summed E-state index contributed by atoms with van der Waals surface area (Å²) in [5, 5.41) is 14.8. The lowest BCUT2D eigenvalue weighted by Gasteiger charge is -2.19. The Morgan fingerprint density at radius 1 is 0.968 bits per heavy atom. The Bertz CT molecular complexity index is 1200. The summed E-state index contributed by atoms with van der Waals surface area (Å²) in [6.45, 7) is 6.30. The standard InChI is InChI=1S/C26H30N4O/c1-16-4-11-22-23-13-20(14-28-25(23)26(27)30-24(22)12-16)6-5-19-7-9-21(10-8-19)18(3)29-17(2)15-31/h4,7-14,17-18,29,31H,5-6,15H2,1-3H3,(H2,27,30). The van der Waals surface area contributed by atoms with Crippen molar-refractivity contribution in [2.24, 2.45) is 0 Å². The van der Waals surface area contributed by atoms with Gasteiger partial charge in [0.2, 0.25) is 0 Å². The van der Waals surface area contributed by atoms with Crippen molar-refractivity contribution in [3.8, 4) is 0 Å². The molecule has 0 saturated carbocycles. The summed E-state index contributed by atoms with van der Waals surface area (Å²) < 4.78 is 0. The first-order chi connectivity index (χ1) is 14.9. The second-order valence-corrected chi connectivity index (χ2v) is 8.47. The SMILES string of the molecule is Cc1ccc2c(c1)nc(N)c1ncc(CCc3ccc(C(C)NC(C)CO)cc3)cc12. The molecule has 2 unspecified atom stereocenters. The normalized spacial score (nSPS) is 13.5. The quantitative estimate of drug-likeness (QED) is 0.388. The maximum atomic E-state index is 9.23. The van der Waals surface area contributed by atoms with E-state index >= 15 is 0 Å². The molecule has 0 fully saturated rings. The van der Waals surface area contributed by atoms with Crippen molar-refractivity contribution in [2.75, 3.05) is 12.3 Å². The minimum atomic E-state index is 0.0827. The number of nitrogens with one attached hydrogen (secondary N) is 1. The molecule has 2 atom stereocenters. The average Bonchev–Trinajstić information content (AvgIpc) is 2.77. The van der Waals surface area contributed by atoms with Crippen molar-refractivity contribution in [2.45, 2.75) is 45.7 Å². The van der Waals surface area contributed by atoms with Gasteiger partial charge in [-0.1, -0.05) is 36.4 Å². The van der Waals surface area contributed by atoms with E-state index in [0.717, 1.165) is 34.6 Å². The molecule has 2 aromatic carbocycles. The maximum absolute atomic E-state index is 9.23. The molecule has 0 aliphatic heterocycles. The van der Waals surface area contributed by atoms with Crippen LogP contribution in [-0.4, -0.2) is 27.7 Å². The second-order valence-electron chi connectivity index (χ2n) is 8.47. The Labute approximate surface area is 183 Å². The molecule has 2 aromatic heterocycles. The first-order valence-electron chi connectivity index (χ1n) is 10.8. The molecule has 4 rings (SSSR count). The van der Waals surface area contributed by atoms with Crippen LogP contribution in [-0.2, 0) is 12.8 Å². The number of hydrogen-bond acceptors (Lipinski definition) is 5. The zero-order valence-corrected chi connectivity index (χ0v) is 18.4. The number of aliphatic hydroxyl groups excluding tert-OH is 1. The summed E-state index contributed by atoms with van der Waals surface area (Å²) in [5.41, 5.74) is 12.7. The Morgan fingerprint density at radius 2 is 1.71 bits per heavy atom. The van der Waals surface area contributed by atoms with Gasteiger partial charge in [-0.25, -0.2) is 4.98 Å². The van der Waals surface area contributed by atoms with Gasteiger partial charge in [0.25, 0.3) is 0 Å².